The molecule has 0 heterocycles. The van der Waals surface area contributed by atoms with Crippen molar-refractivity contribution in [3.05, 3.63) is 109 Å². The summed E-state index contributed by atoms with van der Waals surface area (Å²) in [5.41, 5.74) is 0.961. The molecule has 0 saturated carbocycles. The van der Waals surface area contributed by atoms with Gasteiger partial charge in [-0.1, -0.05) is 118 Å². The first kappa shape index (κ1) is 27.4. The molecule has 0 aliphatic heterocycles. The molecule has 0 aliphatic carbocycles. The third-order valence-corrected chi connectivity index (χ3v) is 11.5. The molecule has 1 N–H and O–H groups in total. The van der Waals surface area contributed by atoms with Crippen LogP contribution in [-0.2, 0) is 15.8 Å². The van der Waals surface area contributed by atoms with E-state index in [1.165, 1.54) is 10.4 Å². The van der Waals surface area contributed by atoms with Gasteiger partial charge in [0.1, 0.15) is 6.61 Å². The Bertz CT molecular complexity index is 1030. The van der Waals surface area contributed by atoms with E-state index in [2.05, 4.69) is 93.3 Å². The topological polar surface area (TPSA) is 47.6 Å². The molecule has 3 rings (SSSR count). The van der Waals surface area contributed by atoms with E-state index in [1.807, 2.05) is 30.3 Å². The molecule has 190 valence electrons. The number of alkyl carbamates (subject to hydrolysis) is 1. The molecule has 0 spiro atoms. The van der Waals surface area contributed by atoms with Gasteiger partial charge in [0.05, 0.1) is 6.04 Å². The maximum Gasteiger partial charge on any atom is 0.407 e. The van der Waals surface area contributed by atoms with Gasteiger partial charge in [-0.3, -0.25) is 0 Å². The van der Waals surface area contributed by atoms with Crippen molar-refractivity contribution >= 4 is 24.8 Å². The number of benzene rings is 3. The molecule has 1 amide bonds. The van der Waals surface area contributed by atoms with Crippen LogP contribution in [-0.4, -0.2) is 27.1 Å². The van der Waals surface area contributed by atoms with E-state index >= 15 is 0 Å². The molecule has 0 fully saturated rings. The predicted octanol–water partition coefficient (Wildman–Crippen LogP) is 6.21. The highest BCUT2D eigenvalue weighted by Gasteiger charge is 2.49. The number of ether oxygens (including phenoxy) is 1. The van der Waals surface area contributed by atoms with E-state index in [-0.39, 0.29) is 17.7 Å². The Morgan fingerprint density at radius 1 is 0.889 bits per heavy atom. The highest BCUT2D eigenvalue weighted by atomic mass is 28.4. The zero-order valence-corrected chi connectivity index (χ0v) is 22.8. The van der Waals surface area contributed by atoms with Crippen LogP contribution in [0.4, 0.5) is 4.79 Å². The number of carbonyl (C=O) groups excluding carboxylic acids is 1. The van der Waals surface area contributed by atoms with E-state index in [9.17, 15) is 4.79 Å². The number of hydrogen-bond donors (Lipinski definition) is 1. The van der Waals surface area contributed by atoms with Crippen LogP contribution in [0, 0.1) is 0 Å². The molecule has 0 aliphatic rings. The van der Waals surface area contributed by atoms with Gasteiger partial charge in [-0.25, -0.2) is 4.79 Å². The quantitative estimate of drug-likeness (QED) is 0.182. The normalized spacial score (nSPS) is 12.5. The summed E-state index contributed by atoms with van der Waals surface area (Å²) >= 11 is 0. The van der Waals surface area contributed by atoms with Crippen molar-refractivity contribution in [2.45, 2.75) is 57.7 Å². The maximum absolute atomic E-state index is 12.2. The molecule has 36 heavy (non-hydrogen) atoms. The largest absolute Gasteiger partial charge is 0.445 e. The number of unbranched alkanes of at least 4 members (excludes halogenated alkanes) is 1. The summed E-state index contributed by atoms with van der Waals surface area (Å²) in [5, 5.41) is 5.45. The second-order valence-electron chi connectivity index (χ2n) is 10.1. The standard InChI is InChI=1S/C31H39NO3Si/c1-5-27(32-30(33)34-25-26-17-9-6-10-18-26)19-15-16-24-35-36(31(2,3)4,28-20-11-7-12-21-28)29-22-13-8-14-23-29/h5-14,17-18,20-23,27H,1,15-16,19,24-25H2,2-4H3,(H,32,33)/t27-/m0/s1. The molecular formula is C31H39NO3Si. The van der Waals surface area contributed by atoms with Crippen LogP contribution < -0.4 is 15.7 Å². The van der Waals surface area contributed by atoms with Gasteiger partial charge in [0.2, 0.25) is 0 Å². The summed E-state index contributed by atoms with van der Waals surface area (Å²) in [6, 6.07) is 30.9. The van der Waals surface area contributed by atoms with Gasteiger partial charge in [0, 0.05) is 6.61 Å². The van der Waals surface area contributed by atoms with Crippen molar-refractivity contribution in [1.82, 2.24) is 5.32 Å². The first-order valence-corrected chi connectivity index (χ1v) is 14.6. The summed E-state index contributed by atoms with van der Waals surface area (Å²) in [4.78, 5) is 12.2. The lowest BCUT2D eigenvalue weighted by Crippen LogP contribution is -2.66. The Morgan fingerprint density at radius 2 is 1.42 bits per heavy atom. The lowest BCUT2D eigenvalue weighted by Gasteiger charge is -2.43. The van der Waals surface area contributed by atoms with Gasteiger partial charge in [0.15, 0.2) is 0 Å². The number of amides is 1. The lowest BCUT2D eigenvalue weighted by atomic mass is 10.1. The molecule has 0 unspecified atom stereocenters. The molecular weight excluding hydrogens is 462 g/mol. The van der Waals surface area contributed by atoms with E-state index in [0.29, 0.717) is 6.61 Å². The fourth-order valence-electron chi connectivity index (χ4n) is 4.62. The van der Waals surface area contributed by atoms with Gasteiger partial charge < -0.3 is 14.5 Å². The smallest absolute Gasteiger partial charge is 0.407 e. The van der Waals surface area contributed by atoms with Crippen molar-refractivity contribution in [3.63, 3.8) is 0 Å². The average molecular weight is 502 g/mol. The first-order valence-electron chi connectivity index (χ1n) is 12.7. The molecule has 0 saturated heterocycles. The average Bonchev–Trinajstić information content (AvgIpc) is 2.89. The summed E-state index contributed by atoms with van der Waals surface area (Å²) in [5.74, 6) is 0. The van der Waals surface area contributed by atoms with Crippen molar-refractivity contribution in [2.24, 2.45) is 0 Å². The SMILES string of the molecule is C=C[C@@H](CCCCO[Si](c1ccccc1)(c1ccccc1)C(C)(C)C)NC(=O)OCc1ccccc1. The second kappa shape index (κ2) is 13.2. The van der Waals surface area contributed by atoms with Gasteiger partial charge >= 0.3 is 6.09 Å². The minimum atomic E-state index is -2.51. The van der Waals surface area contributed by atoms with Crippen molar-refractivity contribution in [2.75, 3.05) is 6.61 Å². The van der Waals surface area contributed by atoms with Crippen LogP contribution in [0.5, 0.6) is 0 Å². The minimum absolute atomic E-state index is 0.0383. The van der Waals surface area contributed by atoms with Gasteiger partial charge in [0.25, 0.3) is 8.32 Å². The van der Waals surface area contributed by atoms with Crippen LogP contribution >= 0.6 is 0 Å². The molecule has 0 radical (unpaired) electrons. The van der Waals surface area contributed by atoms with E-state index in [0.717, 1.165) is 24.8 Å². The van der Waals surface area contributed by atoms with Crippen molar-refractivity contribution in [3.8, 4) is 0 Å². The third-order valence-electron chi connectivity index (χ3n) is 6.45. The summed E-state index contributed by atoms with van der Waals surface area (Å²) in [6.07, 6.45) is 3.94. The van der Waals surface area contributed by atoms with E-state index in [4.69, 9.17) is 9.16 Å². The number of rotatable bonds is 12. The third kappa shape index (κ3) is 7.18. The van der Waals surface area contributed by atoms with Gasteiger partial charge in [-0.2, -0.15) is 0 Å². The summed E-state index contributed by atoms with van der Waals surface area (Å²) in [6.45, 7) is 11.7. The maximum atomic E-state index is 12.2. The highest BCUT2D eigenvalue weighted by molar-refractivity contribution is 6.99. The minimum Gasteiger partial charge on any atom is -0.445 e. The fourth-order valence-corrected chi connectivity index (χ4v) is 9.22. The Kier molecular flexibility index (Phi) is 10.1. The summed E-state index contributed by atoms with van der Waals surface area (Å²) in [7, 11) is -2.51. The van der Waals surface area contributed by atoms with Crippen LogP contribution in [0.3, 0.4) is 0 Å². The van der Waals surface area contributed by atoms with Crippen LogP contribution in [0.15, 0.2) is 104 Å². The second-order valence-corrected chi connectivity index (χ2v) is 14.4. The van der Waals surface area contributed by atoms with Crippen LogP contribution in [0.2, 0.25) is 5.04 Å². The Balaban J connectivity index is 1.57. The molecule has 5 heteroatoms. The molecule has 0 aromatic heterocycles. The number of nitrogens with one attached hydrogen (secondary N) is 1. The number of hydrogen-bond acceptors (Lipinski definition) is 3. The zero-order valence-electron chi connectivity index (χ0n) is 21.8. The monoisotopic (exact) mass is 501 g/mol. The van der Waals surface area contributed by atoms with Crippen LogP contribution in [0.25, 0.3) is 0 Å². The molecule has 3 aromatic rings. The molecule has 3 aromatic carbocycles. The first-order chi connectivity index (χ1) is 17.4. The lowest BCUT2D eigenvalue weighted by molar-refractivity contribution is 0.137. The van der Waals surface area contributed by atoms with Crippen molar-refractivity contribution in [1.29, 1.82) is 0 Å². The van der Waals surface area contributed by atoms with E-state index in [1.54, 1.807) is 6.08 Å². The highest BCUT2D eigenvalue weighted by Crippen LogP contribution is 2.36. The van der Waals surface area contributed by atoms with E-state index < -0.39 is 14.4 Å². The summed E-state index contributed by atoms with van der Waals surface area (Å²) < 4.78 is 12.3. The van der Waals surface area contributed by atoms with Gasteiger partial charge in [-0.05, 0) is 40.2 Å². The molecule has 4 nitrogen and oxygen atoms in total. The fraction of sp³-hybridized carbons (Fsp3) is 0.323. The van der Waals surface area contributed by atoms with Crippen LogP contribution in [0.1, 0.15) is 45.6 Å². The predicted molar refractivity (Wildman–Crippen MR) is 151 cm³/mol. The number of carbonyl (C=O) groups is 1. The Labute approximate surface area is 217 Å². The molecule has 0 bridgehead atoms. The Morgan fingerprint density at radius 3 is 1.92 bits per heavy atom. The zero-order chi connectivity index (χ0) is 25.9. The van der Waals surface area contributed by atoms with Crippen molar-refractivity contribution < 1.29 is 14.0 Å². The molecule has 1 atom stereocenters. The Hall–Kier alpha value is -3.15. The van der Waals surface area contributed by atoms with Gasteiger partial charge in [-0.15, -0.1) is 6.58 Å².